The normalized spacial score (nSPS) is 16.4. The van der Waals surface area contributed by atoms with Crippen molar-refractivity contribution in [3.05, 3.63) is 5.82 Å². The van der Waals surface area contributed by atoms with E-state index >= 15 is 0 Å². The number of unbranched alkanes of at least 4 members (excludes halogenated alkanes) is 2. The Kier molecular flexibility index (Phi) is 3.73. The van der Waals surface area contributed by atoms with Crippen LogP contribution in [-0.2, 0) is 15.5 Å². The lowest BCUT2D eigenvalue weighted by Crippen LogP contribution is -2.08. The molecular formula is C10H16ClN3O2S. The van der Waals surface area contributed by atoms with Crippen LogP contribution >= 0.6 is 10.7 Å². The van der Waals surface area contributed by atoms with Gasteiger partial charge >= 0.3 is 0 Å². The summed E-state index contributed by atoms with van der Waals surface area (Å²) >= 11 is 0. The van der Waals surface area contributed by atoms with E-state index in [1.54, 1.807) is 4.57 Å². The van der Waals surface area contributed by atoms with Crippen LogP contribution in [-0.4, -0.2) is 23.2 Å². The number of aromatic nitrogens is 3. The highest BCUT2D eigenvalue weighted by Gasteiger charge is 2.33. The highest BCUT2D eigenvalue weighted by molar-refractivity contribution is 8.13. The average molecular weight is 278 g/mol. The molecule has 0 atom stereocenters. The van der Waals surface area contributed by atoms with Gasteiger partial charge in [-0.2, -0.15) is 0 Å². The Morgan fingerprint density at radius 1 is 1.35 bits per heavy atom. The molecule has 0 radical (unpaired) electrons. The summed E-state index contributed by atoms with van der Waals surface area (Å²) in [6.45, 7) is 2.13. The molecular weight excluding hydrogens is 262 g/mol. The van der Waals surface area contributed by atoms with Crippen LogP contribution in [0.15, 0.2) is 5.16 Å². The Labute approximate surface area is 106 Å². The van der Waals surface area contributed by atoms with Crippen molar-refractivity contribution in [3.8, 4) is 0 Å². The van der Waals surface area contributed by atoms with Crippen LogP contribution in [0.25, 0.3) is 0 Å². The molecule has 17 heavy (non-hydrogen) atoms. The Balaban J connectivity index is 2.24. The Bertz CT molecular complexity index is 494. The van der Waals surface area contributed by atoms with Gasteiger partial charge in [-0.3, -0.25) is 4.57 Å². The van der Waals surface area contributed by atoms with E-state index in [4.69, 9.17) is 10.7 Å². The number of hydrogen-bond donors (Lipinski definition) is 0. The molecule has 1 aromatic heterocycles. The fourth-order valence-corrected chi connectivity index (χ4v) is 2.82. The van der Waals surface area contributed by atoms with E-state index in [1.807, 2.05) is 0 Å². The van der Waals surface area contributed by atoms with Crippen molar-refractivity contribution in [3.63, 3.8) is 0 Å². The van der Waals surface area contributed by atoms with Crippen LogP contribution in [0.4, 0.5) is 0 Å². The number of hydrogen-bond acceptors (Lipinski definition) is 4. The third-order valence-corrected chi connectivity index (χ3v) is 4.00. The lowest BCUT2D eigenvalue weighted by molar-refractivity contribution is 0.562. The largest absolute Gasteiger partial charge is 0.298 e. The molecule has 1 aliphatic rings. The molecule has 0 N–H and O–H groups in total. The molecule has 0 amide bonds. The standard InChI is InChI=1S/C10H16ClN3O2S/c1-2-3-4-5-9-12-13-10(17(11,15)16)14(9)8-6-7-8/h8H,2-7H2,1H3. The van der Waals surface area contributed by atoms with Gasteiger partial charge in [-0.05, 0) is 19.3 Å². The second-order valence-electron chi connectivity index (χ2n) is 4.39. The second kappa shape index (κ2) is 4.94. The van der Waals surface area contributed by atoms with Gasteiger partial charge < -0.3 is 0 Å². The van der Waals surface area contributed by atoms with E-state index in [2.05, 4.69) is 17.1 Å². The zero-order valence-corrected chi connectivity index (χ0v) is 11.3. The predicted molar refractivity (Wildman–Crippen MR) is 64.6 cm³/mol. The minimum atomic E-state index is -3.79. The Morgan fingerprint density at radius 2 is 2.06 bits per heavy atom. The molecule has 1 saturated carbocycles. The number of nitrogens with zero attached hydrogens (tertiary/aromatic N) is 3. The highest BCUT2D eigenvalue weighted by atomic mass is 35.7. The van der Waals surface area contributed by atoms with E-state index < -0.39 is 9.05 Å². The number of rotatable bonds is 6. The molecule has 7 heteroatoms. The minimum Gasteiger partial charge on any atom is -0.298 e. The highest BCUT2D eigenvalue weighted by Crippen LogP contribution is 2.38. The fraction of sp³-hybridized carbons (Fsp3) is 0.800. The van der Waals surface area contributed by atoms with Gasteiger partial charge in [0.15, 0.2) is 0 Å². The summed E-state index contributed by atoms with van der Waals surface area (Å²) < 4.78 is 24.4. The van der Waals surface area contributed by atoms with Crippen LogP contribution in [0.5, 0.6) is 0 Å². The molecule has 96 valence electrons. The maximum Gasteiger partial charge on any atom is 0.296 e. The molecule has 1 heterocycles. The Hall–Kier alpha value is -0.620. The molecule has 1 fully saturated rings. The fourth-order valence-electron chi connectivity index (χ4n) is 1.88. The minimum absolute atomic E-state index is 0.0897. The molecule has 0 bridgehead atoms. The van der Waals surface area contributed by atoms with Crippen LogP contribution in [0.1, 0.15) is 50.9 Å². The van der Waals surface area contributed by atoms with Crippen LogP contribution in [0.3, 0.4) is 0 Å². The first-order valence-corrected chi connectivity index (χ1v) is 8.23. The molecule has 1 aliphatic carbocycles. The topological polar surface area (TPSA) is 64.8 Å². The lowest BCUT2D eigenvalue weighted by Gasteiger charge is -2.06. The summed E-state index contributed by atoms with van der Waals surface area (Å²) in [6.07, 6.45) is 5.97. The van der Waals surface area contributed by atoms with Gasteiger partial charge in [0.1, 0.15) is 5.82 Å². The van der Waals surface area contributed by atoms with E-state index in [0.717, 1.165) is 44.3 Å². The van der Waals surface area contributed by atoms with Crippen LogP contribution in [0.2, 0.25) is 0 Å². The molecule has 0 unspecified atom stereocenters. The molecule has 0 spiro atoms. The van der Waals surface area contributed by atoms with Crippen molar-refractivity contribution in [2.45, 2.75) is 56.6 Å². The SMILES string of the molecule is CCCCCc1nnc(S(=O)(=O)Cl)n1C1CC1. The smallest absolute Gasteiger partial charge is 0.296 e. The second-order valence-corrected chi connectivity index (χ2v) is 6.85. The molecule has 0 saturated heterocycles. The van der Waals surface area contributed by atoms with Gasteiger partial charge in [0, 0.05) is 23.1 Å². The molecule has 5 nitrogen and oxygen atoms in total. The maximum atomic E-state index is 11.4. The first-order chi connectivity index (χ1) is 8.04. The van der Waals surface area contributed by atoms with Gasteiger partial charge in [-0.15, -0.1) is 10.2 Å². The lowest BCUT2D eigenvalue weighted by atomic mass is 10.2. The third-order valence-electron chi connectivity index (χ3n) is 2.87. The van der Waals surface area contributed by atoms with Crippen molar-refractivity contribution >= 4 is 19.7 Å². The molecule has 0 aliphatic heterocycles. The van der Waals surface area contributed by atoms with Crippen LogP contribution in [0, 0.1) is 0 Å². The summed E-state index contributed by atoms with van der Waals surface area (Å²) in [5.74, 6) is 0.750. The van der Waals surface area contributed by atoms with Crippen molar-refractivity contribution in [1.82, 2.24) is 14.8 Å². The number of aryl methyl sites for hydroxylation is 1. The number of halogens is 1. The zero-order valence-electron chi connectivity index (χ0n) is 9.76. The van der Waals surface area contributed by atoms with E-state index in [1.165, 1.54) is 0 Å². The van der Waals surface area contributed by atoms with Gasteiger partial charge in [0.2, 0.25) is 0 Å². The first-order valence-electron chi connectivity index (χ1n) is 5.92. The first kappa shape index (κ1) is 12.8. The predicted octanol–water partition coefficient (Wildman–Crippen LogP) is 2.27. The summed E-state index contributed by atoms with van der Waals surface area (Å²) in [4.78, 5) is 0. The zero-order chi connectivity index (χ0) is 12.5. The van der Waals surface area contributed by atoms with Gasteiger partial charge in [-0.1, -0.05) is 19.8 Å². The van der Waals surface area contributed by atoms with Crippen molar-refractivity contribution < 1.29 is 8.42 Å². The van der Waals surface area contributed by atoms with Crippen molar-refractivity contribution in [2.24, 2.45) is 0 Å². The van der Waals surface area contributed by atoms with Crippen molar-refractivity contribution in [1.29, 1.82) is 0 Å². The summed E-state index contributed by atoms with van der Waals surface area (Å²) in [7, 11) is 1.57. The summed E-state index contributed by atoms with van der Waals surface area (Å²) in [5, 5.41) is 7.60. The quantitative estimate of drug-likeness (QED) is 0.591. The average Bonchev–Trinajstić information content (AvgIpc) is 2.98. The van der Waals surface area contributed by atoms with E-state index in [9.17, 15) is 8.42 Å². The summed E-state index contributed by atoms with van der Waals surface area (Å²) in [6, 6.07) is 0.227. The third kappa shape index (κ3) is 2.98. The van der Waals surface area contributed by atoms with Crippen LogP contribution < -0.4 is 0 Å². The monoisotopic (exact) mass is 277 g/mol. The summed E-state index contributed by atoms with van der Waals surface area (Å²) in [5.41, 5.74) is 0. The molecule has 0 aromatic carbocycles. The van der Waals surface area contributed by atoms with Gasteiger partial charge in [-0.25, -0.2) is 8.42 Å². The molecule has 2 rings (SSSR count). The maximum absolute atomic E-state index is 11.4. The van der Waals surface area contributed by atoms with Crippen molar-refractivity contribution in [2.75, 3.05) is 0 Å². The van der Waals surface area contributed by atoms with Gasteiger partial charge in [0.25, 0.3) is 14.2 Å². The van der Waals surface area contributed by atoms with Gasteiger partial charge in [0.05, 0.1) is 0 Å². The molecule has 1 aromatic rings. The Morgan fingerprint density at radius 3 is 2.59 bits per heavy atom. The van der Waals surface area contributed by atoms with E-state index in [-0.39, 0.29) is 11.2 Å². The van der Waals surface area contributed by atoms with E-state index in [0.29, 0.717) is 0 Å².